The van der Waals surface area contributed by atoms with Gasteiger partial charge in [-0.05, 0) is 12.1 Å². The van der Waals surface area contributed by atoms with Crippen LogP contribution in [0.4, 0.5) is 11.4 Å². The predicted molar refractivity (Wildman–Crippen MR) is 76.9 cm³/mol. The second-order valence-electron chi connectivity index (χ2n) is 4.20. The lowest BCUT2D eigenvalue weighted by atomic mass is 10.3. The van der Waals surface area contributed by atoms with Crippen LogP contribution in [-0.4, -0.2) is 29.9 Å². The van der Waals surface area contributed by atoms with Gasteiger partial charge in [-0.1, -0.05) is 11.6 Å². The summed E-state index contributed by atoms with van der Waals surface area (Å²) in [4.78, 5) is 13.8. The lowest BCUT2D eigenvalue weighted by Crippen LogP contribution is -2.27. The first-order valence-corrected chi connectivity index (χ1v) is 7.47. The minimum Gasteiger partial charge on any atom is -0.324 e. The Hall–Kier alpha value is -2.13. The molecule has 0 aliphatic heterocycles. The van der Waals surface area contributed by atoms with E-state index in [1.807, 2.05) is 0 Å². The van der Waals surface area contributed by atoms with Gasteiger partial charge in [-0.25, -0.2) is 4.98 Å². The summed E-state index contributed by atoms with van der Waals surface area (Å²) in [5, 5.41) is 10.3. The molecule has 0 saturated heterocycles. The zero-order valence-corrected chi connectivity index (χ0v) is 12.7. The molecule has 0 N–H and O–H groups in total. The van der Waals surface area contributed by atoms with Gasteiger partial charge in [0.05, 0.1) is 16.9 Å². The molecule has 0 fully saturated rings. The zero-order chi connectivity index (χ0) is 15.8. The molecule has 112 valence electrons. The third-order valence-electron chi connectivity index (χ3n) is 2.86. The minimum atomic E-state index is -3.94. The molecule has 0 aliphatic carbocycles. The summed E-state index contributed by atoms with van der Waals surface area (Å²) in [6.07, 6.45) is 1.29. The normalized spacial score (nSPS) is 11.4. The summed E-state index contributed by atoms with van der Waals surface area (Å²) in [5.74, 6) is 0. The van der Waals surface area contributed by atoms with Crippen molar-refractivity contribution in [3.63, 3.8) is 0 Å². The van der Waals surface area contributed by atoms with E-state index >= 15 is 0 Å². The van der Waals surface area contributed by atoms with Crippen molar-refractivity contribution in [2.45, 2.75) is 5.03 Å². The van der Waals surface area contributed by atoms with E-state index in [0.29, 0.717) is 0 Å². The summed E-state index contributed by atoms with van der Waals surface area (Å²) in [6, 6.07) is 5.13. The average molecular weight is 331 g/mol. The van der Waals surface area contributed by atoms with Crippen molar-refractivity contribution in [3.8, 4) is 0 Å². The van der Waals surface area contributed by atoms with E-state index in [1.54, 1.807) is 7.05 Å². The molecule has 0 bridgehead atoms. The molecule has 0 saturated carbocycles. The number of aromatic nitrogens is 2. The molecule has 2 aromatic rings. The average Bonchev–Trinajstić information content (AvgIpc) is 2.78. The van der Waals surface area contributed by atoms with E-state index in [1.165, 1.54) is 42.2 Å². The molecule has 1 heterocycles. The number of nitro benzene ring substituents is 1. The van der Waals surface area contributed by atoms with Crippen molar-refractivity contribution >= 4 is 33.0 Å². The van der Waals surface area contributed by atoms with Crippen LogP contribution in [0, 0.1) is 10.1 Å². The zero-order valence-electron chi connectivity index (χ0n) is 11.1. The SMILES string of the molecule is CN(c1ccc([N+](=O)[O-])cc1)S(=O)(=O)c1ncn(C)c1Cl. The molecule has 1 aromatic heterocycles. The molecule has 10 heteroatoms. The number of aryl methyl sites for hydroxylation is 1. The van der Waals surface area contributed by atoms with Gasteiger partial charge in [-0.3, -0.25) is 14.4 Å². The Morgan fingerprint density at radius 3 is 2.33 bits per heavy atom. The largest absolute Gasteiger partial charge is 0.324 e. The number of nitro groups is 1. The van der Waals surface area contributed by atoms with E-state index in [2.05, 4.69) is 4.98 Å². The van der Waals surface area contributed by atoms with Crippen LogP contribution in [0.3, 0.4) is 0 Å². The lowest BCUT2D eigenvalue weighted by Gasteiger charge is -2.18. The maximum Gasteiger partial charge on any atom is 0.284 e. The van der Waals surface area contributed by atoms with E-state index < -0.39 is 14.9 Å². The summed E-state index contributed by atoms with van der Waals surface area (Å²) >= 11 is 5.90. The fourth-order valence-corrected chi connectivity index (χ4v) is 3.20. The molecule has 0 aliphatic rings. The number of nitrogens with zero attached hydrogens (tertiary/aromatic N) is 4. The highest BCUT2D eigenvalue weighted by Gasteiger charge is 2.27. The van der Waals surface area contributed by atoms with Crippen molar-refractivity contribution in [1.82, 2.24) is 9.55 Å². The van der Waals surface area contributed by atoms with Gasteiger partial charge in [-0.2, -0.15) is 8.42 Å². The van der Waals surface area contributed by atoms with Crippen LogP contribution in [0.2, 0.25) is 5.15 Å². The minimum absolute atomic E-state index is 0.0104. The number of hydrogen-bond donors (Lipinski definition) is 0. The Bertz CT molecular complexity index is 785. The summed E-state index contributed by atoms with van der Waals surface area (Å²) in [6.45, 7) is 0. The standard InChI is InChI=1S/C11H11ClN4O4S/c1-14-7-13-11(10(14)12)21(19,20)15(2)8-3-5-9(6-4-8)16(17)18/h3-7H,1-2H3. The predicted octanol–water partition coefficient (Wildman–Crippen LogP) is 1.81. The number of imidazole rings is 1. The van der Waals surface area contributed by atoms with Crippen molar-refractivity contribution in [2.24, 2.45) is 7.05 Å². The van der Waals surface area contributed by atoms with Gasteiger partial charge in [0.2, 0.25) is 5.03 Å². The maximum absolute atomic E-state index is 12.4. The number of non-ortho nitro benzene ring substituents is 1. The molecular weight excluding hydrogens is 320 g/mol. The summed E-state index contributed by atoms with van der Waals surface area (Å²) < 4.78 is 27.2. The topological polar surface area (TPSA) is 98.3 Å². The van der Waals surface area contributed by atoms with Gasteiger partial charge in [0, 0.05) is 26.2 Å². The van der Waals surface area contributed by atoms with Crippen LogP contribution in [0.5, 0.6) is 0 Å². The van der Waals surface area contributed by atoms with E-state index in [-0.39, 0.29) is 21.6 Å². The molecule has 1 aromatic carbocycles. The Balaban J connectivity index is 2.40. The molecular formula is C11H11ClN4O4S. The first-order valence-electron chi connectivity index (χ1n) is 5.65. The smallest absolute Gasteiger partial charge is 0.284 e. The maximum atomic E-state index is 12.4. The quantitative estimate of drug-likeness (QED) is 0.629. The fraction of sp³-hybridized carbons (Fsp3) is 0.182. The van der Waals surface area contributed by atoms with Crippen LogP contribution in [0.1, 0.15) is 0 Å². The highest BCUT2D eigenvalue weighted by Crippen LogP contribution is 2.27. The monoisotopic (exact) mass is 330 g/mol. The molecule has 0 atom stereocenters. The summed E-state index contributed by atoms with van der Waals surface area (Å²) in [5.41, 5.74) is 0.141. The highest BCUT2D eigenvalue weighted by molar-refractivity contribution is 7.92. The second kappa shape index (κ2) is 5.34. The Morgan fingerprint density at radius 2 is 1.90 bits per heavy atom. The van der Waals surface area contributed by atoms with Crippen LogP contribution >= 0.6 is 11.6 Å². The number of benzene rings is 1. The molecule has 21 heavy (non-hydrogen) atoms. The molecule has 8 nitrogen and oxygen atoms in total. The van der Waals surface area contributed by atoms with Crippen molar-refractivity contribution in [1.29, 1.82) is 0 Å². The first-order chi connectivity index (χ1) is 9.75. The number of hydrogen-bond acceptors (Lipinski definition) is 5. The third-order valence-corrected chi connectivity index (χ3v) is 5.14. The fourth-order valence-electron chi connectivity index (χ4n) is 1.62. The first kappa shape index (κ1) is 15.3. The van der Waals surface area contributed by atoms with E-state index in [4.69, 9.17) is 11.6 Å². The Kier molecular flexibility index (Phi) is 3.88. The Labute approximate surface area is 125 Å². The molecule has 0 unspecified atom stereocenters. The van der Waals surface area contributed by atoms with Crippen LogP contribution < -0.4 is 4.31 Å². The van der Waals surface area contributed by atoms with E-state index in [9.17, 15) is 18.5 Å². The second-order valence-corrected chi connectivity index (χ2v) is 6.44. The van der Waals surface area contributed by atoms with Crippen molar-refractivity contribution < 1.29 is 13.3 Å². The number of rotatable bonds is 4. The third kappa shape index (κ3) is 2.69. The molecule has 2 rings (SSSR count). The van der Waals surface area contributed by atoms with Gasteiger partial charge >= 0.3 is 0 Å². The Morgan fingerprint density at radius 1 is 1.33 bits per heavy atom. The van der Waals surface area contributed by atoms with Gasteiger partial charge in [0.15, 0.2) is 0 Å². The summed E-state index contributed by atoms with van der Waals surface area (Å²) in [7, 11) is -1.04. The van der Waals surface area contributed by atoms with Gasteiger partial charge in [0.1, 0.15) is 5.15 Å². The number of sulfonamides is 1. The van der Waals surface area contributed by atoms with Crippen molar-refractivity contribution in [2.75, 3.05) is 11.4 Å². The molecule has 0 spiro atoms. The van der Waals surface area contributed by atoms with Gasteiger partial charge in [-0.15, -0.1) is 0 Å². The van der Waals surface area contributed by atoms with Crippen LogP contribution in [0.25, 0.3) is 0 Å². The molecule has 0 radical (unpaired) electrons. The van der Waals surface area contributed by atoms with Crippen molar-refractivity contribution in [3.05, 3.63) is 45.9 Å². The van der Waals surface area contributed by atoms with Crippen LogP contribution in [0.15, 0.2) is 35.6 Å². The van der Waals surface area contributed by atoms with E-state index in [0.717, 1.165) is 4.31 Å². The lowest BCUT2D eigenvalue weighted by molar-refractivity contribution is -0.384. The van der Waals surface area contributed by atoms with Gasteiger partial charge in [0.25, 0.3) is 15.7 Å². The van der Waals surface area contributed by atoms with Gasteiger partial charge < -0.3 is 4.57 Å². The number of anilines is 1. The van der Waals surface area contributed by atoms with Crippen LogP contribution in [-0.2, 0) is 17.1 Å². The number of halogens is 1. The molecule has 0 amide bonds. The highest BCUT2D eigenvalue weighted by atomic mass is 35.5.